The molecule has 0 aliphatic heterocycles. The minimum absolute atomic E-state index is 0.195. The first-order valence-electron chi connectivity index (χ1n) is 6.46. The lowest BCUT2D eigenvalue weighted by Crippen LogP contribution is -2.25. The molecule has 0 radical (unpaired) electrons. The molecule has 8 heteroatoms. The van der Waals surface area contributed by atoms with Crippen molar-refractivity contribution < 1.29 is 0 Å². The monoisotopic (exact) mass is 339 g/mol. The van der Waals surface area contributed by atoms with Crippen LogP contribution in [0.15, 0.2) is 4.47 Å². The highest BCUT2D eigenvalue weighted by Crippen LogP contribution is 2.22. The molecule has 2 N–H and O–H groups in total. The van der Waals surface area contributed by atoms with Gasteiger partial charge in [-0.1, -0.05) is 0 Å². The average molecular weight is 340 g/mol. The Bertz CT molecular complexity index is 619. The van der Waals surface area contributed by atoms with Crippen molar-refractivity contribution in [3.8, 4) is 5.95 Å². The van der Waals surface area contributed by atoms with Crippen LogP contribution in [0.25, 0.3) is 5.95 Å². The van der Waals surface area contributed by atoms with Crippen LogP contribution in [-0.4, -0.2) is 37.8 Å². The first-order chi connectivity index (χ1) is 9.47. The number of nitrogens with zero attached hydrogens (tertiary/aromatic N) is 6. The summed E-state index contributed by atoms with van der Waals surface area (Å²) in [6.45, 7) is 9.57. The fourth-order valence-corrected chi connectivity index (χ4v) is 2.18. The molecule has 0 aliphatic rings. The van der Waals surface area contributed by atoms with Crippen LogP contribution in [0.2, 0.25) is 0 Å². The van der Waals surface area contributed by atoms with Crippen LogP contribution in [0.4, 0.5) is 11.9 Å². The van der Waals surface area contributed by atoms with Crippen LogP contribution in [0.5, 0.6) is 0 Å². The second-order valence-electron chi connectivity index (χ2n) is 4.36. The zero-order chi connectivity index (χ0) is 14.9. The molecule has 0 saturated heterocycles. The third kappa shape index (κ3) is 2.60. The highest BCUT2D eigenvalue weighted by atomic mass is 79.9. The van der Waals surface area contributed by atoms with Crippen LogP contribution in [-0.2, 0) is 0 Å². The summed E-state index contributed by atoms with van der Waals surface area (Å²) >= 11 is 3.49. The summed E-state index contributed by atoms with van der Waals surface area (Å²) in [5.41, 5.74) is 7.61. The van der Waals surface area contributed by atoms with Gasteiger partial charge in [0.25, 0.3) is 5.95 Å². The smallest absolute Gasteiger partial charge is 0.257 e. The molecule has 2 aromatic heterocycles. The number of aromatic nitrogens is 5. The lowest BCUT2D eigenvalue weighted by molar-refractivity contribution is 0.745. The van der Waals surface area contributed by atoms with Crippen molar-refractivity contribution in [1.82, 2.24) is 24.7 Å². The third-order valence-corrected chi connectivity index (χ3v) is 4.22. The Morgan fingerprint density at radius 1 is 1.15 bits per heavy atom. The topological polar surface area (TPSA) is 85.8 Å². The van der Waals surface area contributed by atoms with Gasteiger partial charge in [-0.25, -0.2) is 4.68 Å². The Morgan fingerprint density at radius 2 is 1.80 bits per heavy atom. The van der Waals surface area contributed by atoms with Gasteiger partial charge >= 0.3 is 0 Å². The Labute approximate surface area is 126 Å². The first-order valence-corrected chi connectivity index (χ1v) is 7.25. The quantitative estimate of drug-likeness (QED) is 0.914. The molecule has 7 nitrogen and oxygen atoms in total. The summed E-state index contributed by atoms with van der Waals surface area (Å²) in [5, 5.41) is 4.42. The Morgan fingerprint density at radius 3 is 2.30 bits per heavy atom. The SMILES string of the molecule is CCN(CC)c1nc(N)nc(-n2nc(C)c(Br)c2C)n1. The number of nitrogen functional groups attached to an aromatic ring is 1. The van der Waals surface area contributed by atoms with E-state index in [1.807, 2.05) is 32.6 Å². The van der Waals surface area contributed by atoms with Crippen molar-refractivity contribution in [3.63, 3.8) is 0 Å². The number of hydrogen-bond donors (Lipinski definition) is 1. The summed E-state index contributed by atoms with van der Waals surface area (Å²) < 4.78 is 2.62. The first kappa shape index (κ1) is 14.7. The van der Waals surface area contributed by atoms with Crippen molar-refractivity contribution in [3.05, 3.63) is 15.9 Å². The van der Waals surface area contributed by atoms with Gasteiger partial charge in [-0.2, -0.15) is 20.1 Å². The summed E-state index contributed by atoms with van der Waals surface area (Å²) in [5.74, 6) is 1.20. The predicted molar refractivity (Wildman–Crippen MR) is 82.1 cm³/mol. The largest absolute Gasteiger partial charge is 0.368 e. The minimum atomic E-state index is 0.195. The van der Waals surface area contributed by atoms with Crippen LogP contribution in [0.3, 0.4) is 0 Å². The van der Waals surface area contributed by atoms with E-state index in [-0.39, 0.29) is 5.95 Å². The van der Waals surface area contributed by atoms with Crippen molar-refractivity contribution in [2.75, 3.05) is 23.7 Å². The van der Waals surface area contributed by atoms with Crippen molar-refractivity contribution >= 4 is 27.8 Å². The molecule has 0 amide bonds. The van der Waals surface area contributed by atoms with Crippen molar-refractivity contribution in [2.24, 2.45) is 0 Å². The summed E-state index contributed by atoms with van der Waals surface area (Å²) in [6.07, 6.45) is 0. The molecule has 0 unspecified atom stereocenters. The van der Waals surface area contributed by atoms with Gasteiger partial charge in [-0.05, 0) is 43.6 Å². The normalized spacial score (nSPS) is 10.8. The van der Waals surface area contributed by atoms with Gasteiger partial charge in [0.2, 0.25) is 11.9 Å². The molecule has 0 saturated carbocycles. The van der Waals surface area contributed by atoms with E-state index in [1.165, 1.54) is 0 Å². The highest BCUT2D eigenvalue weighted by molar-refractivity contribution is 9.10. The molecule has 108 valence electrons. The van der Waals surface area contributed by atoms with E-state index in [4.69, 9.17) is 5.73 Å². The number of nitrogens with two attached hydrogens (primary N) is 1. The van der Waals surface area contributed by atoms with E-state index < -0.39 is 0 Å². The standard InChI is InChI=1S/C12H18BrN7/c1-5-19(6-2)11-15-10(14)16-12(17-11)20-8(4)9(13)7(3)18-20/h5-6H2,1-4H3,(H2,14,15,16,17). The van der Waals surface area contributed by atoms with Gasteiger partial charge in [-0.3, -0.25) is 0 Å². The lowest BCUT2D eigenvalue weighted by atomic mass is 10.4. The summed E-state index contributed by atoms with van der Waals surface area (Å²) in [7, 11) is 0. The van der Waals surface area contributed by atoms with E-state index >= 15 is 0 Å². The molecular formula is C12H18BrN7. The number of hydrogen-bond acceptors (Lipinski definition) is 6. The molecule has 0 atom stereocenters. The Kier molecular flexibility index (Phi) is 4.22. The maximum Gasteiger partial charge on any atom is 0.257 e. The molecule has 2 rings (SSSR count). The van der Waals surface area contributed by atoms with Crippen molar-refractivity contribution in [2.45, 2.75) is 27.7 Å². The molecule has 0 spiro atoms. The molecule has 0 bridgehead atoms. The molecule has 0 aromatic carbocycles. The van der Waals surface area contributed by atoms with E-state index in [2.05, 4.69) is 36.0 Å². The van der Waals surface area contributed by atoms with Crippen LogP contribution < -0.4 is 10.6 Å². The van der Waals surface area contributed by atoms with Gasteiger partial charge in [0.05, 0.1) is 15.9 Å². The van der Waals surface area contributed by atoms with Gasteiger partial charge < -0.3 is 10.6 Å². The van der Waals surface area contributed by atoms with Crippen LogP contribution in [0.1, 0.15) is 25.2 Å². The molecular weight excluding hydrogens is 322 g/mol. The fraction of sp³-hybridized carbons (Fsp3) is 0.500. The van der Waals surface area contributed by atoms with E-state index in [0.717, 1.165) is 29.0 Å². The minimum Gasteiger partial charge on any atom is -0.368 e. The maximum absolute atomic E-state index is 5.80. The Balaban J connectivity index is 2.54. The van der Waals surface area contributed by atoms with Gasteiger partial charge in [0.15, 0.2) is 0 Å². The Hall–Kier alpha value is -1.70. The third-order valence-electron chi connectivity index (χ3n) is 3.07. The van der Waals surface area contributed by atoms with Gasteiger partial charge in [0.1, 0.15) is 0 Å². The van der Waals surface area contributed by atoms with Gasteiger partial charge in [-0.15, -0.1) is 0 Å². The molecule has 2 heterocycles. The predicted octanol–water partition coefficient (Wildman–Crippen LogP) is 1.87. The van der Waals surface area contributed by atoms with E-state index in [1.54, 1.807) is 4.68 Å². The molecule has 20 heavy (non-hydrogen) atoms. The summed E-state index contributed by atoms with van der Waals surface area (Å²) in [4.78, 5) is 14.8. The van der Waals surface area contributed by atoms with E-state index in [9.17, 15) is 0 Å². The summed E-state index contributed by atoms with van der Waals surface area (Å²) in [6, 6.07) is 0. The second-order valence-corrected chi connectivity index (χ2v) is 5.16. The number of rotatable bonds is 4. The van der Waals surface area contributed by atoms with Gasteiger partial charge in [0, 0.05) is 13.1 Å². The number of halogens is 1. The lowest BCUT2D eigenvalue weighted by Gasteiger charge is -2.18. The van der Waals surface area contributed by atoms with Crippen molar-refractivity contribution in [1.29, 1.82) is 0 Å². The van der Waals surface area contributed by atoms with Crippen LogP contribution in [0, 0.1) is 13.8 Å². The second kappa shape index (κ2) is 5.74. The number of aryl methyl sites for hydroxylation is 1. The van der Waals surface area contributed by atoms with Crippen LogP contribution >= 0.6 is 15.9 Å². The number of anilines is 2. The fourth-order valence-electron chi connectivity index (χ4n) is 1.93. The average Bonchev–Trinajstić information content (AvgIpc) is 2.67. The maximum atomic E-state index is 5.80. The molecule has 2 aromatic rings. The highest BCUT2D eigenvalue weighted by Gasteiger charge is 2.16. The molecule has 0 aliphatic carbocycles. The zero-order valence-electron chi connectivity index (χ0n) is 12.1. The zero-order valence-corrected chi connectivity index (χ0v) is 13.6. The molecule has 0 fully saturated rings. The van der Waals surface area contributed by atoms with E-state index in [0.29, 0.717) is 11.9 Å².